The van der Waals surface area contributed by atoms with Crippen LogP contribution in [0.1, 0.15) is 23.1 Å². The molecule has 4 rings (SSSR count). The van der Waals surface area contributed by atoms with Crippen LogP contribution in [-0.2, 0) is 19.3 Å². The fraction of sp³-hybridized carbons (Fsp3) is 0.353. The molecule has 0 saturated heterocycles. The van der Waals surface area contributed by atoms with E-state index in [0.717, 1.165) is 22.8 Å². The van der Waals surface area contributed by atoms with Crippen LogP contribution in [0.4, 0.5) is 5.82 Å². The van der Waals surface area contributed by atoms with Gasteiger partial charge in [-0.05, 0) is 55.0 Å². The average Bonchev–Trinajstić information content (AvgIpc) is 2.94. The SMILES string of the molecule is N[C@H]1Cc2cc(Oc3ccc4c(c3)CCC4)cnc2N(O)C1. The first-order valence-electron chi connectivity index (χ1n) is 7.69. The fourth-order valence-corrected chi connectivity index (χ4v) is 3.32. The highest BCUT2D eigenvalue weighted by Crippen LogP contribution is 2.31. The summed E-state index contributed by atoms with van der Waals surface area (Å²) in [6.45, 7) is 0.408. The number of pyridine rings is 1. The lowest BCUT2D eigenvalue weighted by Gasteiger charge is -2.28. The Hall–Kier alpha value is -2.11. The Balaban J connectivity index is 1.60. The van der Waals surface area contributed by atoms with E-state index < -0.39 is 0 Å². The summed E-state index contributed by atoms with van der Waals surface area (Å²) < 4.78 is 5.94. The normalized spacial score (nSPS) is 19.7. The molecule has 5 heteroatoms. The lowest BCUT2D eigenvalue weighted by atomic mass is 10.0. The van der Waals surface area contributed by atoms with Crippen molar-refractivity contribution in [3.63, 3.8) is 0 Å². The predicted molar refractivity (Wildman–Crippen MR) is 83.6 cm³/mol. The van der Waals surface area contributed by atoms with Gasteiger partial charge in [0.05, 0.1) is 12.7 Å². The zero-order chi connectivity index (χ0) is 15.1. The Morgan fingerprint density at radius 2 is 1.95 bits per heavy atom. The maximum Gasteiger partial charge on any atom is 0.155 e. The van der Waals surface area contributed by atoms with E-state index in [4.69, 9.17) is 10.5 Å². The molecular weight excluding hydrogens is 278 g/mol. The van der Waals surface area contributed by atoms with Gasteiger partial charge in [-0.3, -0.25) is 5.21 Å². The zero-order valence-corrected chi connectivity index (χ0v) is 12.3. The topological polar surface area (TPSA) is 71.6 Å². The number of ether oxygens (including phenoxy) is 1. The van der Waals surface area contributed by atoms with Crippen LogP contribution < -0.4 is 15.5 Å². The number of aryl methyl sites for hydroxylation is 2. The summed E-state index contributed by atoms with van der Waals surface area (Å²) in [6, 6.07) is 8.10. The average molecular weight is 297 g/mol. The van der Waals surface area contributed by atoms with Crippen LogP contribution in [0.25, 0.3) is 0 Å². The molecule has 1 atom stereocenters. The van der Waals surface area contributed by atoms with Gasteiger partial charge in [0.2, 0.25) is 0 Å². The van der Waals surface area contributed by atoms with Crippen LogP contribution >= 0.6 is 0 Å². The van der Waals surface area contributed by atoms with Gasteiger partial charge in [0.25, 0.3) is 0 Å². The molecule has 0 unspecified atom stereocenters. The van der Waals surface area contributed by atoms with E-state index >= 15 is 0 Å². The summed E-state index contributed by atoms with van der Waals surface area (Å²) >= 11 is 0. The summed E-state index contributed by atoms with van der Waals surface area (Å²) in [5.74, 6) is 2.09. The first-order chi connectivity index (χ1) is 10.7. The van der Waals surface area contributed by atoms with Gasteiger partial charge in [0.15, 0.2) is 5.82 Å². The third-order valence-electron chi connectivity index (χ3n) is 4.36. The van der Waals surface area contributed by atoms with Crippen molar-refractivity contribution in [3.8, 4) is 11.5 Å². The summed E-state index contributed by atoms with van der Waals surface area (Å²) in [7, 11) is 0. The van der Waals surface area contributed by atoms with Gasteiger partial charge in [-0.2, -0.15) is 0 Å². The highest BCUT2D eigenvalue weighted by atomic mass is 16.5. The van der Waals surface area contributed by atoms with E-state index in [9.17, 15) is 5.21 Å². The molecule has 114 valence electrons. The van der Waals surface area contributed by atoms with Crippen LogP contribution in [-0.4, -0.2) is 22.8 Å². The molecule has 0 amide bonds. The highest BCUT2D eigenvalue weighted by molar-refractivity contribution is 5.51. The van der Waals surface area contributed by atoms with Crippen molar-refractivity contribution >= 4 is 5.82 Å². The van der Waals surface area contributed by atoms with Crippen LogP contribution in [0, 0.1) is 0 Å². The van der Waals surface area contributed by atoms with Crippen molar-refractivity contribution in [2.45, 2.75) is 31.7 Å². The second kappa shape index (κ2) is 5.26. The lowest BCUT2D eigenvalue weighted by Crippen LogP contribution is -2.42. The minimum atomic E-state index is -0.0884. The molecule has 0 saturated carbocycles. The fourth-order valence-electron chi connectivity index (χ4n) is 3.32. The number of aromatic nitrogens is 1. The maximum absolute atomic E-state index is 9.87. The smallest absolute Gasteiger partial charge is 0.155 e. The Kier molecular flexibility index (Phi) is 3.24. The Morgan fingerprint density at radius 1 is 1.14 bits per heavy atom. The minimum absolute atomic E-state index is 0.0884. The van der Waals surface area contributed by atoms with Gasteiger partial charge >= 0.3 is 0 Å². The predicted octanol–water partition coefficient (Wildman–Crippen LogP) is 2.44. The van der Waals surface area contributed by atoms with Crippen molar-refractivity contribution in [2.75, 3.05) is 11.6 Å². The molecule has 1 aliphatic carbocycles. The second-order valence-corrected chi connectivity index (χ2v) is 6.09. The van der Waals surface area contributed by atoms with Gasteiger partial charge in [-0.1, -0.05) is 6.07 Å². The Morgan fingerprint density at radius 3 is 2.86 bits per heavy atom. The molecule has 22 heavy (non-hydrogen) atoms. The second-order valence-electron chi connectivity index (χ2n) is 6.09. The van der Waals surface area contributed by atoms with Crippen LogP contribution in [0.5, 0.6) is 11.5 Å². The number of hydrogen-bond acceptors (Lipinski definition) is 5. The number of anilines is 1. The van der Waals surface area contributed by atoms with Crippen molar-refractivity contribution in [3.05, 3.63) is 47.2 Å². The summed E-state index contributed by atoms with van der Waals surface area (Å²) in [6.07, 6.45) is 5.86. The molecule has 1 aliphatic heterocycles. The van der Waals surface area contributed by atoms with Crippen LogP contribution in [0.2, 0.25) is 0 Å². The molecule has 0 spiro atoms. The molecule has 2 aromatic rings. The zero-order valence-electron chi connectivity index (χ0n) is 12.3. The molecule has 2 aliphatic rings. The first-order valence-corrected chi connectivity index (χ1v) is 7.69. The van der Waals surface area contributed by atoms with E-state index in [-0.39, 0.29) is 6.04 Å². The number of nitrogens with zero attached hydrogens (tertiary/aromatic N) is 2. The van der Waals surface area contributed by atoms with Gasteiger partial charge in [0, 0.05) is 11.6 Å². The molecule has 0 fully saturated rings. The van der Waals surface area contributed by atoms with Gasteiger partial charge in [-0.25, -0.2) is 10.0 Å². The number of fused-ring (bicyclic) bond motifs is 2. The number of hydroxylamine groups is 1. The summed E-state index contributed by atoms with van der Waals surface area (Å²) in [5, 5.41) is 11.0. The van der Waals surface area contributed by atoms with E-state index in [0.29, 0.717) is 24.5 Å². The molecule has 3 N–H and O–H groups in total. The third kappa shape index (κ3) is 2.42. The summed E-state index contributed by atoms with van der Waals surface area (Å²) in [4.78, 5) is 4.30. The quantitative estimate of drug-likeness (QED) is 0.891. The number of hydrogen-bond donors (Lipinski definition) is 2. The molecule has 2 heterocycles. The van der Waals surface area contributed by atoms with Gasteiger partial charge in [0.1, 0.15) is 11.5 Å². The van der Waals surface area contributed by atoms with Crippen LogP contribution in [0.3, 0.4) is 0 Å². The van der Waals surface area contributed by atoms with Crippen molar-refractivity contribution < 1.29 is 9.94 Å². The minimum Gasteiger partial charge on any atom is -0.456 e. The summed E-state index contributed by atoms with van der Waals surface area (Å²) in [5.41, 5.74) is 9.66. The molecule has 1 aromatic heterocycles. The number of benzene rings is 1. The van der Waals surface area contributed by atoms with E-state index in [1.165, 1.54) is 24.0 Å². The molecular formula is C17H19N3O2. The highest BCUT2D eigenvalue weighted by Gasteiger charge is 2.23. The first kappa shape index (κ1) is 13.5. The van der Waals surface area contributed by atoms with E-state index in [2.05, 4.69) is 17.1 Å². The third-order valence-corrected chi connectivity index (χ3v) is 4.36. The van der Waals surface area contributed by atoms with Gasteiger partial charge < -0.3 is 10.5 Å². The molecule has 1 aromatic carbocycles. The molecule has 0 bridgehead atoms. The Labute approximate surface area is 129 Å². The largest absolute Gasteiger partial charge is 0.456 e. The monoisotopic (exact) mass is 297 g/mol. The van der Waals surface area contributed by atoms with E-state index in [1.807, 2.05) is 12.1 Å². The number of rotatable bonds is 2. The number of nitrogens with two attached hydrogens (primary N) is 1. The standard InChI is InChI=1S/C17H19N3O2/c18-14-6-13-8-16(9-19-17(13)20(21)10-14)22-15-5-4-11-2-1-3-12(11)7-15/h4-5,7-9,14,21H,1-3,6,10,18H2/t14-/m0/s1. The molecule has 0 radical (unpaired) electrons. The lowest BCUT2D eigenvalue weighted by molar-refractivity contribution is 0.234. The van der Waals surface area contributed by atoms with Crippen LogP contribution in [0.15, 0.2) is 30.5 Å². The van der Waals surface area contributed by atoms with E-state index in [1.54, 1.807) is 6.20 Å². The molecule has 5 nitrogen and oxygen atoms in total. The Bertz CT molecular complexity index is 717. The van der Waals surface area contributed by atoms with Crippen molar-refractivity contribution in [2.24, 2.45) is 5.73 Å². The van der Waals surface area contributed by atoms with Gasteiger partial charge in [-0.15, -0.1) is 0 Å². The van der Waals surface area contributed by atoms with Crippen molar-refractivity contribution in [1.29, 1.82) is 0 Å². The maximum atomic E-state index is 9.87. The van der Waals surface area contributed by atoms with Crippen molar-refractivity contribution in [1.82, 2.24) is 4.98 Å².